The van der Waals surface area contributed by atoms with E-state index in [9.17, 15) is 8.42 Å². The van der Waals surface area contributed by atoms with Crippen LogP contribution in [0, 0.1) is 0 Å². The van der Waals surface area contributed by atoms with Crippen molar-refractivity contribution in [3.8, 4) is 0 Å². The third kappa shape index (κ3) is 2.62. The second kappa shape index (κ2) is 4.82. The lowest BCUT2D eigenvalue weighted by atomic mass is 10.4. The van der Waals surface area contributed by atoms with Crippen molar-refractivity contribution in [2.45, 2.75) is 4.90 Å². The predicted molar refractivity (Wildman–Crippen MR) is 68.8 cm³/mol. The fraction of sp³-hybridized carbons (Fsp3) is 0.125. The van der Waals surface area contributed by atoms with Gasteiger partial charge in [-0.05, 0) is 33.3 Å². The normalized spacial score (nSPS) is 11.5. The molecule has 0 bridgehead atoms. The summed E-state index contributed by atoms with van der Waals surface area (Å²) < 4.78 is 26.8. The van der Waals surface area contributed by atoms with Gasteiger partial charge in [-0.2, -0.15) is 4.80 Å². The largest absolute Gasteiger partial charge is 0.277 e. The number of nitrogens with zero attached hydrogens (tertiary/aromatic N) is 4. The minimum absolute atomic E-state index is 0.0703. The molecule has 0 unspecified atom stereocenters. The zero-order valence-corrected chi connectivity index (χ0v) is 12.2. The molecule has 0 aliphatic rings. The zero-order valence-electron chi connectivity index (χ0n) is 9.00. The van der Waals surface area contributed by atoms with Gasteiger partial charge in [-0.3, -0.25) is 0 Å². The minimum Gasteiger partial charge on any atom is -0.244 e. The lowest BCUT2D eigenvalue weighted by molar-refractivity contribution is 0.600. The fourth-order valence-electron chi connectivity index (χ4n) is 1.24. The van der Waals surface area contributed by atoms with E-state index in [0.717, 1.165) is 4.80 Å². The maximum Gasteiger partial charge on any atom is 0.277 e. The van der Waals surface area contributed by atoms with Crippen LogP contribution in [0.2, 0.25) is 5.02 Å². The molecule has 0 aliphatic carbocycles. The third-order valence-electron chi connectivity index (χ3n) is 1.92. The molecular formula is C8H7BrClN5O2S. The molecule has 1 aromatic carbocycles. The summed E-state index contributed by atoms with van der Waals surface area (Å²) in [6.45, 7) is 0. The number of hydrogen-bond acceptors (Lipinski definition) is 5. The summed E-state index contributed by atoms with van der Waals surface area (Å²) in [5.41, 5.74) is 0. The maximum absolute atomic E-state index is 12.1. The van der Waals surface area contributed by atoms with Gasteiger partial charge in [0.25, 0.3) is 16.0 Å². The molecular weight excluding hydrogens is 346 g/mol. The molecule has 96 valence electrons. The predicted octanol–water partition coefficient (Wildman–Crippen LogP) is 1.43. The Bertz CT molecular complexity index is 666. The third-order valence-corrected chi connectivity index (χ3v) is 4.70. The van der Waals surface area contributed by atoms with E-state index in [4.69, 9.17) is 11.6 Å². The van der Waals surface area contributed by atoms with Crippen molar-refractivity contribution in [2.75, 3.05) is 4.72 Å². The number of sulfonamides is 1. The number of rotatable bonds is 3. The van der Waals surface area contributed by atoms with Gasteiger partial charge >= 0.3 is 0 Å². The van der Waals surface area contributed by atoms with Crippen molar-refractivity contribution in [1.29, 1.82) is 0 Å². The Morgan fingerprint density at radius 1 is 1.44 bits per heavy atom. The van der Waals surface area contributed by atoms with Crippen LogP contribution >= 0.6 is 27.5 Å². The summed E-state index contributed by atoms with van der Waals surface area (Å²) in [5, 5.41) is 10.9. The van der Waals surface area contributed by atoms with E-state index >= 15 is 0 Å². The quantitative estimate of drug-likeness (QED) is 0.902. The molecule has 0 saturated heterocycles. The van der Waals surface area contributed by atoms with Gasteiger partial charge < -0.3 is 0 Å². The Morgan fingerprint density at radius 2 is 2.17 bits per heavy atom. The molecule has 1 heterocycles. The second-order valence-electron chi connectivity index (χ2n) is 3.26. The molecule has 0 atom stereocenters. The van der Waals surface area contributed by atoms with Gasteiger partial charge in [0.1, 0.15) is 4.90 Å². The summed E-state index contributed by atoms with van der Waals surface area (Å²) >= 11 is 9.01. The Hall–Kier alpha value is -1.19. The topological polar surface area (TPSA) is 89.8 Å². The number of hydrogen-bond donors (Lipinski definition) is 1. The molecule has 0 saturated carbocycles. The van der Waals surface area contributed by atoms with Crippen LogP contribution in [-0.2, 0) is 17.1 Å². The second-order valence-corrected chi connectivity index (χ2v) is 6.14. The molecule has 18 heavy (non-hydrogen) atoms. The van der Waals surface area contributed by atoms with Crippen molar-refractivity contribution >= 4 is 43.5 Å². The van der Waals surface area contributed by atoms with Crippen molar-refractivity contribution in [2.24, 2.45) is 7.05 Å². The number of aromatic nitrogens is 4. The van der Waals surface area contributed by atoms with Gasteiger partial charge in [-0.1, -0.05) is 22.8 Å². The molecule has 0 spiro atoms. The van der Waals surface area contributed by atoms with Crippen LogP contribution in [0.5, 0.6) is 0 Å². The standard InChI is InChI=1S/C8H7BrClN5O2S/c1-15-12-8(11-14-15)13-18(16,17)7-5(9)3-2-4-6(7)10/h2-4H,1H3,(H,12,13). The highest BCUT2D eigenvalue weighted by molar-refractivity contribution is 9.10. The average molecular weight is 353 g/mol. The highest BCUT2D eigenvalue weighted by atomic mass is 79.9. The van der Waals surface area contributed by atoms with Crippen LogP contribution in [0.25, 0.3) is 0 Å². The van der Waals surface area contributed by atoms with Crippen LogP contribution in [0.3, 0.4) is 0 Å². The molecule has 2 aromatic rings. The first-order valence-corrected chi connectivity index (χ1v) is 7.26. The first-order valence-electron chi connectivity index (χ1n) is 4.61. The van der Waals surface area contributed by atoms with Gasteiger partial charge in [0.2, 0.25) is 0 Å². The number of halogens is 2. The van der Waals surface area contributed by atoms with Crippen LogP contribution < -0.4 is 4.72 Å². The number of benzene rings is 1. The summed E-state index contributed by atoms with van der Waals surface area (Å²) in [6.07, 6.45) is 0. The van der Waals surface area contributed by atoms with E-state index in [0.29, 0.717) is 4.47 Å². The Labute approximate surface area is 116 Å². The monoisotopic (exact) mass is 351 g/mol. The first-order chi connectivity index (χ1) is 8.40. The fourth-order valence-corrected chi connectivity index (χ4v) is 3.91. The van der Waals surface area contributed by atoms with Crippen LogP contribution in [0.1, 0.15) is 0 Å². The van der Waals surface area contributed by atoms with Gasteiger partial charge in [-0.25, -0.2) is 13.1 Å². The average Bonchev–Trinajstić information content (AvgIpc) is 2.62. The van der Waals surface area contributed by atoms with Gasteiger partial charge in [0.15, 0.2) is 0 Å². The zero-order chi connectivity index (χ0) is 13.3. The van der Waals surface area contributed by atoms with Crippen LogP contribution in [-0.4, -0.2) is 28.6 Å². The molecule has 2 rings (SSSR count). The molecule has 10 heteroatoms. The van der Waals surface area contributed by atoms with Gasteiger partial charge in [-0.15, -0.1) is 5.10 Å². The maximum atomic E-state index is 12.1. The summed E-state index contributed by atoms with van der Waals surface area (Å²) in [4.78, 5) is 1.07. The summed E-state index contributed by atoms with van der Waals surface area (Å²) in [7, 11) is -2.34. The lowest BCUT2D eigenvalue weighted by Crippen LogP contribution is -2.15. The molecule has 0 radical (unpaired) electrons. The van der Waals surface area contributed by atoms with Crippen molar-refractivity contribution in [3.63, 3.8) is 0 Å². The Kier molecular flexibility index (Phi) is 3.55. The SMILES string of the molecule is Cn1nnc(NS(=O)(=O)c2c(Cl)cccc2Br)n1. The number of anilines is 1. The van der Waals surface area contributed by atoms with E-state index in [1.807, 2.05) is 0 Å². The van der Waals surface area contributed by atoms with Crippen LogP contribution in [0.4, 0.5) is 5.95 Å². The van der Waals surface area contributed by atoms with E-state index in [-0.39, 0.29) is 15.9 Å². The van der Waals surface area contributed by atoms with Crippen molar-refractivity contribution in [3.05, 3.63) is 27.7 Å². The van der Waals surface area contributed by atoms with Crippen molar-refractivity contribution < 1.29 is 8.42 Å². The summed E-state index contributed by atoms with van der Waals surface area (Å²) in [6, 6.07) is 4.68. The van der Waals surface area contributed by atoms with E-state index in [2.05, 4.69) is 36.1 Å². The minimum atomic E-state index is -3.87. The molecule has 1 N–H and O–H groups in total. The highest BCUT2D eigenvalue weighted by Gasteiger charge is 2.22. The van der Waals surface area contributed by atoms with E-state index in [1.54, 1.807) is 12.1 Å². The Balaban J connectivity index is 2.43. The van der Waals surface area contributed by atoms with E-state index in [1.165, 1.54) is 13.1 Å². The smallest absolute Gasteiger partial charge is 0.244 e. The molecule has 0 aliphatic heterocycles. The van der Waals surface area contributed by atoms with Crippen LogP contribution in [0.15, 0.2) is 27.6 Å². The number of aryl methyl sites for hydroxylation is 1. The van der Waals surface area contributed by atoms with Gasteiger partial charge in [0, 0.05) is 4.47 Å². The first kappa shape index (κ1) is 13.2. The molecule has 0 fully saturated rings. The Morgan fingerprint density at radius 3 is 2.72 bits per heavy atom. The summed E-state index contributed by atoms with van der Waals surface area (Å²) in [5.74, 6) is -0.121. The number of nitrogens with one attached hydrogen (secondary N) is 1. The lowest BCUT2D eigenvalue weighted by Gasteiger charge is -2.07. The number of tetrazole rings is 1. The van der Waals surface area contributed by atoms with Crippen molar-refractivity contribution in [1.82, 2.24) is 20.2 Å². The molecule has 1 aromatic heterocycles. The van der Waals surface area contributed by atoms with E-state index < -0.39 is 10.0 Å². The molecule has 7 nitrogen and oxygen atoms in total. The highest BCUT2D eigenvalue weighted by Crippen LogP contribution is 2.30. The van der Waals surface area contributed by atoms with Gasteiger partial charge in [0.05, 0.1) is 12.1 Å². The molecule has 0 amide bonds.